The maximum absolute atomic E-state index is 12.0. The predicted molar refractivity (Wildman–Crippen MR) is 89.0 cm³/mol. The zero-order chi connectivity index (χ0) is 17.4. The van der Waals surface area contributed by atoms with Crippen molar-refractivity contribution in [1.29, 1.82) is 0 Å². The Bertz CT molecular complexity index is 539. The van der Waals surface area contributed by atoms with E-state index in [2.05, 4.69) is 10.1 Å². The van der Waals surface area contributed by atoms with Gasteiger partial charge in [-0.05, 0) is 49.4 Å². The number of carbonyl (C=O) groups excluding carboxylic acids is 2. The maximum atomic E-state index is 12.0. The third-order valence-electron chi connectivity index (χ3n) is 4.03. The van der Waals surface area contributed by atoms with Crippen LogP contribution < -0.4 is 14.8 Å². The number of nitrogens with one attached hydrogen (secondary N) is 1. The minimum atomic E-state index is -0.282. The van der Waals surface area contributed by atoms with Crippen molar-refractivity contribution in [3.8, 4) is 11.5 Å². The van der Waals surface area contributed by atoms with E-state index in [1.165, 1.54) is 7.11 Å². The molecule has 1 atom stereocenters. The lowest BCUT2D eigenvalue weighted by molar-refractivity contribution is -0.141. The second-order valence-corrected chi connectivity index (χ2v) is 5.92. The average molecular weight is 335 g/mol. The summed E-state index contributed by atoms with van der Waals surface area (Å²) < 4.78 is 15.4. The van der Waals surface area contributed by atoms with Gasteiger partial charge in [-0.15, -0.1) is 0 Å². The van der Waals surface area contributed by atoms with Crippen LogP contribution in [0.1, 0.15) is 32.1 Å². The highest BCUT2D eigenvalue weighted by atomic mass is 16.5. The molecule has 2 rings (SSSR count). The number of benzene rings is 1. The summed E-state index contributed by atoms with van der Waals surface area (Å²) in [6, 6.07) is 7.22. The number of rotatable bonds is 10. The summed E-state index contributed by atoms with van der Waals surface area (Å²) in [6.45, 7) is 0.463. The molecule has 1 aliphatic carbocycles. The first kappa shape index (κ1) is 18.1. The van der Waals surface area contributed by atoms with Crippen molar-refractivity contribution in [2.24, 2.45) is 5.92 Å². The first-order chi connectivity index (χ1) is 11.6. The van der Waals surface area contributed by atoms with Crippen LogP contribution in [0.3, 0.4) is 0 Å². The van der Waals surface area contributed by atoms with Crippen molar-refractivity contribution in [1.82, 2.24) is 5.32 Å². The monoisotopic (exact) mass is 335 g/mol. The standard InChI is InChI=1S/C18H25NO5/c1-22-14-7-9-15(10-8-14)24-11-3-4-17(20)19-16(13-5-6-13)12-18(21)23-2/h7-10,13,16H,3-6,11-12H2,1-2H3,(H,19,20)/t16-/m1/s1. The van der Waals surface area contributed by atoms with Crippen molar-refractivity contribution in [2.45, 2.75) is 38.1 Å². The fourth-order valence-corrected chi connectivity index (χ4v) is 2.47. The van der Waals surface area contributed by atoms with Crippen molar-refractivity contribution in [3.63, 3.8) is 0 Å². The Morgan fingerprint density at radius 3 is 2.42 bits per heavy atom. The minimum Gasteiger partial charge on any atom is -0.497 e. The molecule has 1 aromatic rings. The summed E-state index contributed by atoms with van der Waals surface area (Å²) in [6.07, 6.45) is 3.36. The summed E-state index contributed by atoms with van der Waals surface area (Å²) in [5, 5.41) is 2.95. The van der Waals surface area contributed by atoms with E-state index in [4.69, 9.17) is 9.47 Å². The van der Waals surface area contributed by atoms with Gasteiger partial charge in [-0.25, -0.2) is 0 Å². The molecule has 1 aliphatic rings. The second kappa shape index (κ2) is 9.15. The molecule has 6 heteroatoms. The molecule has 0 bridgehead atoms. The van der Waals surface area contributed by atoms with E-state index in [1.54, 1.807) is 7.11 Å². The number of hydrogen-bond acceptors (Lipinski definition) is 5. The maximum Gasteiger partial charge on any atom is 0.307 e. The molecule has 1 fully saturated rings. The van der Waals surface area contributed by atoms with Crippen LogP contribution in [0, 0.1) is 5.92 Å². The SMILES string of the molecule is COC(=O)C[C@@H](NC(=O)CCCOc1ccc(OC)cc1)C1CC1. The molecule has 1 N–H and O–H groups in total. The Balaban J connectivity index is 1.65. The number of methoxy groups -OCH3 is 2. The van der Waals surface area contributed by atoms with Crippen molar-refractivity contribution < 1.29 is 23.8 Å². The Morgan fingerprint density at radius 2 is 1.83 bits per heavy atom. The van der Waals surface area contributed by atoms with Crippen LogP contribution in [-0.4, -0.2) is 38.7 Å². The smallest absolute Gasteiger partial charge is 0.307 e. The summed E-state index contributed by atoms with van der Waals surface area (Å²) in [7, 11) is 2.98. The Hall–Kier alpha value is -2.24. The fraction of sp³-hybridized carbons (Fsp3) is 0.556. The highest BCUT2D eigenvalue weighted by Crippen LogP contribution is 2.34. The number of hydrogen-bond donors (Lipinski definition) is 1. The van der Waals surface area contributed by atoms with Crippen LogP contribution in [0.2, 0.25) is 0 Å². The molecule has 1 saturated carbocycles. The molecule has 6 nitrogen and oxygen atoms in total. The molecular weight excluding hydrogens is 310 g/mol. The summed E-state index contributed by atoms with van der Waals surface area (Å²) in [5.74, 6) is 1.60. The van der Waals surface area contributed by atoms with Gasteiger partial charge in [0.05, 0.1) is 27.2 Å². The van der Waals surface area contributed by atoms with Gasteiger partial charge in [0.15, 0.2) is 0 Å². The summed E-state index contributed by atoms with van der Waals surface area (Å²) in [4.78, 5) is 23.4. The molecule has 0 spiro atoms. The van der Waals surface area contributed by atoms with E-state index >= 15 is 0 Å². The molecule has 0 radical (unpaired) electrons. The lowest BCUT2D eigenvalue weighted by atomic mass is 10.1. The van der Waals surface area contributed by atoms with Crippen molar-refractivity contribution in [2.75, 3.05) is 20.8 Å². The number of carbonyl (C=O) groups is 2. The number of amides is 1. The van der Waals surface area contributed by atoms with Crippen LogP contribution in [0.5, 0.6) is 11.5 Å². The Morgan fingerprint density at radius 1 is 1.17 bits per heavy atom. The highest BCUT2D eigenvalue weighted by Gasteiger charge is 2.33. The van der Waals surface area contributed by atoms with Gasteiger partial charge in [-0.1, -0.05) is 0 Å². The third kappa shape index (κ3) is 6.10. The van der Waals surface area contributed by atoms with E-state index in [0.29, 0.717) is 25.4 Å². The lowest BCUT2D eigenvalue weighted by Crippen LogP contribution is -2.38. The van der Waals surface area contributed by atoms with Gasteiger partial charge in [-0.3, -0.25) is 9.59 Å². The molecule has 0 heterocycles. The lowest BCUT2D eigenvalue weighted by Gasteiger charge is -2.17. The minimum absolute atomic E-state index is 0.0471. The van der Waals surface area contributed by atoms with E-state index in [9.17, 15) is 9.59 Å². The first-order valence-electron chi connectivity index (χ1n) is 8.25. The van der Waals surface area contributed by atoms with Crippen LogP contribution in [0.25, 0.3) is 0 Å². The molecule has 0 aromatic heterocycles. The molecule has 0 aliphatic heterocycles. The van der Waals surface area contributed by atoms with Crippen LogP contribution in [0.15, 0.2) is 24.3 Å². The zero-order valence-electron chi connectivity index (χ0n) is 14.2. The van der Waals surface area contributed by atoms with Gasteiger partial charge in [0.1, 0.15) is 11.5 Å². The largest absolute Gasteiger partial charge is 0.497 e. The summed E-state index contributed by atoms with van der Waals surface area (Å²) >= 11 is 0. The Labute approximate surface area is 142 Å². The van der Waals surface area contributed by atoms with Gasteiger partial charge < -0.3 is 19.5 Å². The van der Waals surface area contributed by atoms with Crippen molar-refractivity contribution >= 4 is 11.9 Å². The normalized spacial score (nSPS) is 14.6. The van der Waals surface area contributed by atoms with Gasteiger partial charge in [-0.2, -0.15) is 0 Å². The fourth-order valence-electron chi connectivity index (χ4n) is 2.47. The molecule has 24 heavy (non-hydrogen) atoms. The van der Waals surface area contributed by atoms with Gasteiger partial charge in [0, 0.05) is 12.5 Å². The summed E-state index contributed by atoms with van der Waals surface area (Å²) in [5.41, 5.74) is 0. The first-order valence-corrected chi connectivity index (χ1v) is 8.25. The van der Waals surface area contributed by atoms with Crippen LogP contribution in [-0.2, 0) is 14.3 Å². The van der Waals surface area contributed by atoms with Gasteiger partial charge >= 0.3 is 5.97 Å². The van der Waals surface area contributed by atoms with E-state index in [-0.39, 0.29) is 24.3 Å². The van der Waals surface area contributed by atoms with E-state index in [0.717, 1.165) is 24.3 Å². The molecule has 0 unspecified atom stereocenters. The third-order valence-corrected chi connectivity index (χ3v) is 4.03. The molecular formula is C18H25NO5. The van der Waals surface area contributed by atoms with Crippen molar-refractivity contribution in [3.05, 3.63) is 24.3 Å². The zero-order valence-corrected chi connectivity index (χ0v) is 14.2. The second-order valence-electron chi connectivity index (χ2n) is 5.92. The number of ether oxygens (including phenoxy) is 3. The molecule has 0 saturated heterocycles. The molecule has 1 aromatic carbocycles. The van der Waals surface area contributed by atoms with E-state index < -0.39 is 0 Å². The average Bonchev–Trinajstić information content (AvgIpc) is 3.43. The molecule has 132 valence electrons. The quantitative estimate of drug-likeness (QED) is 0.525. The van der Waals surface area contributed by atoms with Gasteiger partial charge in [0.25, 0.3) is 0 Å². The highest BCUT2D eigenvalue weighted by molar-refractivity contribution is 5.77. The van der Waals surface area contributed by atoms with Crippen LogP contribution >= 0.6 is 0 Å². The predicted octanol–water partition coefficient (Wildman–Crippen LogP) is 2.31. The Kier molecular flexibility index (Phi) is 6.90. The topological polar surface area (TPSA) is 73.9 Å². The molecule has 1 amide bonds. The van der Waals surface area contributed by atoms with Crippen LogP contribution in [0.4, 0.5) is 0 Å². The van der Waals surface area contributed by atoms with Gasteiger partial charge in [0.2, 0.25) is 5.91 Å². The van der Waals surface area contributed by atoms with E-state index in [1.807, 2.05) is 24.3 Å². The number of esters is 1.